The van der Waals surface area contributed by atoms with E-state index in [1.807, 2.05) is 0 Å². The molecular formula is C13H20ClN5. The number of halogens is 1. The molecule has 0 atom stereocenters. The van der Waals surface area contributed by atoms with E-state index >= 15 is 0 Å². The minimum absolute atomic E-state index is 0.0190. The van der Waals surface area contributed by atoms with Crippen LogP contribution in [0.1, 0.15) is 19.4 Å². The molecule has 6 heteroatoms. The second kappa shape index (κ2) is 5.75. The maximum absolute atomic E-state index is 7.51. The van der Waals surface area contributed by atoms with Crippen LogP contribution in [0.5, 0.6) is 0 Å². The fourth-order valence-electron chi connectivity index (χ4n) is 2.31. The van der Waals surface area contributed by atoms with Crippen molar-refractivity contribution in [1.29, 1.82) is 5.41 Å². The molecule has 1 aliphatic rings. The predicted octanol–water partition coefficient (Wildman–Crippen LogP) is 1.55. The third-order valence-corrected chi connectivity index (χ3v) is 3.88. The highest BCUT2D eigenvalue weighted by atomic mass is 35.5. The summed E-state index contributed by atoms with van der Waals surface area (Å²) in [6.45, 7) is 8.20. The second-order valence-electron chi connectivity index (χ2n) is 5.03. The number of nitrogens with one attached hydrogen (secondary N) is 1. The van der Waals surface area contributed by atoms with Gasteiger partial charge in [-0.3, -0.25) is 10.3 Å². The number of nitrogen functional groups attached to an aromatic ring is 1. The summed E-state index contributed by atoms with van der Waals surface area (Å²) in [4.78, 5) is 8.93. The fraction of sp³-hybridized carbons (Fsp3) is 0.538. The molecular weight excluding hydrogens is 262 g/mol. The Labute approximate surface area is 118 Å². The van der Waals surface area contributed by atoms with Gasteiger partial charge in [-0.15, -0.1) is 0 Å². The number of amidine groups is 1. The van der Waals surface area contributed by atoms with E-state index in [1.165, 1.54) is 0 Å². The summed E-state index contributed by atoms with van der Waals surface area (Å²) in [5, 5.41) is 7.99. The van der Waals surface area contributed by atoms with Gasteiger partial charge in [0.1, 0.15) is 11.7 Å². The Bertz CT molecular complexity index is 466. The zero-order chi connectivity index (χ0) is 14.0. The van der Waals surface area contributed by atoms with Crippen molar-refractivity contribution in [2.24, 2.45) is 5.73 Å². The molecule has 0 amide bonds. The number of aromatic nitrogens is 1. The van der Waals surface area contributed by atoms with E-state index in [0.717, 1.165) is 32.0 Å². The Morgan fingerprint density at radius 2 is 2.00 bits per heavy atom. The van der Waals surface area contributed by atoms with Crippen LogP contribution in [0.25, 0.3) is 0 Å². The van der Waals surface area contributed by atoms with Gasteiger partial charge in [0, 0.05) is 44.0 Å². The van der Waals surface area contributed by atoms with E-state index in [0.29, 0.717) is 16.6 Å². The molecule has 1 aromatic heterocycles. The summed E-state index contributed by atoms with van der Waals surface area (Å²) in [5.74, 6) is 0.715. The summed E-state index contributed by atoms with van der Waals surface area (Å²) >= 11 is 6.30. The fourth-order valence-corrected chi connectivity index (χ4v) is 2.64. The molecule has 0 bridgehead atoms. The van der Waals surface area contributed by atoms with Crippen molar-refractivity contribution in [2.45, 2.75) is 19.9 Å². The summed E-state index contributed by atoms with van der Waals surface area (Å²) in [7, 11) is 0. The average molecular weight is 282 g/mol. The van der Waals surface area contributed by atoms with E-state index in [-0.39, 0.29) is 5.84 Å². The number of pyridine rings is 1. The van der Waals surface area contributed by atoms with Crippen molar-refractivity contribution in [3.8, 4) is 0 Å². The molecule has 0 saturated carbocycles. The lowest BCUT2D eigenvalue weighted by atomic mass is 10.2. The third kappa shape index (κ3) is 2.98. The Hall–Kier alpha value is -1.33. The van der Waals surface area contributed by atoms with Gasteiger partial charge in [0.05, 0.1) is 5.02 Å². The molecule has 5 nitrogen and oxygen atoms in total. The lowest BCUT2D eigenvalue weighted by Gasteiger charge is -2.37. The highest BCUT2D eigenvalue weighted by Gasteiger charge is 2.22. The highest BCUT2D eigenvalue weighted by Crippen LogP contribution is 2.27. The van der Waals surface area contributed by atoms with Crippen LogP contribution >= 0.6 is 11.6 Å². The van der Waals surface area contributed by atoms with E-state index in [4.69, 9.17) is 22.7 Å². The Kier molecular flexibility index (Phi) is 4.27. The van der Waals surface area contributed by atoms with E-state index in [2.05, 4.69) is 28.6 Å². The molecule has 1 aliphatic heterocycles. The average Bonchev–Trinajstić information content (AvgIpc) is 2.38. The van der Waals surface area contributed by atoms with Gasteiger partial charge >= 0.3 is 0 Å². The van der Waals surface area contributed by atoms with Crippen LogP contribution in [0.4, 0.5) is 5.82 Å². The van der Waals surface area contributed by atoms with Crippen molar-refractivity contribution in [3.63, 3.8) is 0 Å². The van der Waals surface area contributed by atoms with Crippen LogP contribution in [0.15, 0.2) is 12.3 Å². The van der Waals surface area contributed by atoms with Gasteiger partial charge in [-0.1, -0.05) is 11.6 Å². The molecule has 2 rings (SSSR count). The first-order chi connectivity index (χ1) is 9.00. The molecule has 104 valence electrons. The predicted molar refractivity (Wildman–Crippen MR) is 79.2 cm³/mol. The highest BCUT2D eigenvalue weighted by molar-refractivity contribution is 6.36. The van der Waals surface area contributed by atoms with Crippen molar-refractivity contribution in [2.75, 3.05) is 31.1 Å². The third-order valence-electron chi connectivity index (χ3n) is 3.51. The Morgan fingerprint density at radius 3 is 2.53 bits per heavy atom. The summed E-state index contributed by atoms with van der Waals surface area (Å²) in [6.07, 6.45) is 1.66. The molecule has 1 fully saturated rings. The summed E-state index contributed by atoms with van der Waals surface area (Å²) < 4.78 is 0. The van der Waals surface area contributed by atoms with Crippen LogP contribution in [-0.4, -0.2) is 47.9 Å². The quantitative estimate of drug-likeness (QED) is 0.651. The van der Waals surface area contributed by atoms with E-state index in [9.17, 15) is 0 Å². The van der Waals surface area contributed by atoms with Gasteiger partial charge in [-0.05, 0) is 19.9 Å². The van der Waals surface area contributed by atoms with Crippen LogP contribution < -0.4 is 10.6 Å². The first kappa shape index (κ1) is 14.1. The van der Waals surface area contributed by atoms with Gasteiger partial charge < -0.3 is 10.6 Å². The Balaban J connectivity index is 2.16. The number of nitrogens with zero attached hydrogens (tertiary/aromatic N) is 3. The number of nitrogens with two attached hydrogens (primary N) is 1. The minimum Gasteiger partial charge on any atom is -0.384 e. The second-order valence-corrected chi connectivity index (χ2v) is 5.40. The van der Waals surface area contributed by atoms with Crippen LogP contribution in [0.2, 0.25) is 5.02 Å². The minimum atomic E-state index is -0.0190. The molecule has 0 aromatic carbocycles. The number of hydrogen-bond donors (Lipinski definition) is 2. The Morgan fingerprint density at radius 1 is 1.37 bits per heavy atom. The van der Waals surface area contributed by atoms with Gasteiger partial charge in [0.15, 0.2) is 0 Å². The normalized spacial score (nSPS) is 16.9. The first-order valence-electron chi connectivity index (χ1n) is 6.48. The topological polar surface area (TPSA) is 69.2 Å². The lowest BCUT2D eigenvalue weighted by molar-refractivity contribution is 0.209. The molecule has 1 aromatic rings. The number of hydrogen-bond acceptors (Lipinski definition) is 4. The summed E-state index contributed by atoms with van der Waals surface area (Å²) in [6, 6.07) is 2.24. The first-order valence-corrected chi connectivity index (χ1v) is 6.86. The molecule has 0 spiro atoms. The van der Waals surface area contributed by atoms with Gasteiger partial charge in [-0.25, -0.2) is 4.98 Å². The maximum Gasteiger partial charge on any atom is 0.148 e. The van der Waals surface area contributed by atoms with Gasteiger partial charge in [0.2, 0.25) is 0 Å². The SMILES string of the molecule is CC(C)N1CCN(c2nccc(C(=N)N)c2Cl)CC1. The number of piperazine rings is 1. The van der Waals surface area contributed by atoms with Crippen molar-refractivity contribution in [1.82, 2.24) is 9.88 Å². The zero-order valence-corrected chi connectivity index (χ0v) is 12.1. The van der Waals surface area contributed by atoms with Crippen LogP contribution in [0.3, 0.4) is 0 Å². The maximum atomic E-state index is 7.51. The molecule has 0 unspecified atom stereocenters. The van der Waals surface area contributed by atoms with Crippen LogP contribution in [-0.2, 0) is 0 Å². The lowest BCUT2D eigenvalue weighted by Crippen LogP contribution is -2.49. The summed E-state index contributed by atoms with van der Waals surface area (Å²) in [5.41, 5.74) is 6.07. The van der Waals surface area contributed by atoms with E-state index in [1.54, 1.807) is 12.3 Å². The van der Waals surface area contributed by atoms with Crippen LogP contribution in [0, 0.1) is 5.41 Å². The number of anilines is 1. The molecule has 0 aliphatic carbocycles. The standard InChI is InChI=1S/C13H20ClN5/c1-9(2)18-5-7-19(8-6-18)13-11(14)10(12(15)16)3-4-17-13/h3-4,9H,5-8H2,1-2H3,(H3,15,16). The van der Waals surface area contributed by atoms with Gasteiger partial charge in [-0.2, -0.15) is 0 Å². The van der Waals surface area contributed by atoms with Crippen molar-refractivity contribution < 1.29 is 0 Å². The van der Waals surface area contributed by atoms with Crippen molar-refractivity contribution >= 4 is 23.3 Å². The van der Waals surface area contributed by atoms with E-state index < -0.39 is 0 Å². The molecule has 2 heterocycles. The molecule has 1 saturated heterocycles. The smallest absolute Gasteiger partial charge is 0.148 e. The molecule has 19 heavy (non-hydrogen) atoms. The van der Waals surface area contributed by atoms with Gasteiger partial charge in [0.25, 0.3) is 0 Å². The van der Waals surface area contributed by atoms with Crippen molar-refractivity contribution in [3.05, 3.63) is 22.8 Å². The largest absolute Gasteiger partial charge is 0.384 e. The molecule has 3 N–H and O–H groups in total. The zero-order valence-electron chi connectivity index (χ0n) is 11.4. The number of rotatable bonds is 3. The monoisotopic (exact) mass is 281 g/mol. The molecule has 0 radical (unpaired) electrons.